The van der Waals surface area contributed by atoms with Crippen molar-refractivity contribution >= 4 is 34.0 Å². The molecule has 5 nitrogen and oxygen atoms in total. The first-order chi connectivity index (χ1) is 15.1. The van der Waals surface area contributed by atoms with Crippen LogP contribution in [0.25, 0.3) is 27.7 Å². The fourth-order valence-corrected chi connectivity index (χ4v) is 5.91. The maximum Gasteiger partial charge on any atom is 0.149 e. The molecule has 0 bridgehead atoms. The molecule has 4 aromatic rings. The van der Waals surface area contributed by atoms with Crippen LogP contribution in [0, 0.1) is 36.5 Å². The minimum atomic E-state index is 0.488. The molecule has 0 fully saturated rings. The molecule has 0 atom stereocenters. The number of aromatic amines is 1. The van der Waals surface area contributed by atoms with Gasteiger partial charge in [-0.15, -0.1) is 11.3 Å². The predicted octanol–water partition coefficient (Wildman–Crippen LogP) is 5.85. The van der Waals surface area contributed by atoms with E-state index in [9.17, 15) is 10.5 Å². The molecule has 6 heteroatoms. The summed E-state index contributed by atoms with van der Waals surface area (Å²) in [7, 11) is 0. The molecule has 3 heterocycles. The van der Waals surface area contributed by atoms with Crippen LogP contribution in [-0.4, -0.2) is 14.5 Å². The summed E-state index contributed by atoms with van der Waals surface area (Å²) < 4.78 is 2.17. The van der Waals surface area contributed by atoms with Crippen molar-refractivity contribution in [2.75, 3.05) is 0 Å². The molecular formula is C25H21N5S. The summed E-state index contributed by atoms with van der Waals surface area (Å²) in [6.45, 7) is 4.10. The van der Waals surface area contributed by atoms with Gasteiger partial charge in [0.2, 0.25) is 0 Å². The van der Waals surface area contributed by atoms with Gasteiger partial charge in [-0.1, -0.05) is 12.1 Å². The van der Waals surface area contributed by atoms with Gasteiger partial charge in [0.25, 0.3) is 0 Å². The summed E-state index contributed by atoms with van der Waals surface area (Å²) in [5.41, 5.74) is 7.33. The van der Waals surface area contributed by atoms with E-state index in [4.69, 9.17) is 0 Å². The number of H-pyrrole nitrogens is 1. The van der Waals surface area contributed by atoms with Crippen LogP contribution in [0.3, 0.4) is 0 Å². The summed E-state index contributed by atoms with van der Waals surface area (Å²) in [6.07, 6.45) is 6.28. The monoisotopic (exact) mass is 423 g/mol. The standard InChI is InChI=1S/C25H21N5S/c1-15-11-17(12-18(13-26)24-28-21-8-4-5-9-22(21)29-24)16(2)30(15)25-20(14-27)19-7-3-6-10-23(19)31-25/h4-5,8-9,11-12H,3,6-7,10H2,1-2H3,(H,28,29)/b18-12-. The van der Waals surface area contributed by atoms with Crippen LogP contribution >= 0.6 is 11.3 Å². The SMILES string of the molecule is Cc1cc(/C=C(/C#N)c2nc3ccccc3[nH]2)c(C)n1-c1sc2c(c1C#N)CCCC2. The van der Waals surface area contributed by atoms with Gasteiger partial charge in [-0.3, -0.25) is 0 Å². The third kappa shape index (κ3) is 3.17. The van der Waals surface area contributed by atoms with Gasteiger partial charge >= 0.3 is 0 Å². The average Bonchev–Trinajstić information content (AvgIpc) is 3.44. The Hall–Kier alpha value is -3.61. The van der Waals surface area contributed by atoms with Crippen LogP contribution in [0.5, 0.6) is 0 Å². The molecule has 152 valence electrons. The summed E-state index contributed by atoms with van der Waals surface area (Å²) in [5, 5.41) is 20.7. The van der Waals surface area contributed by atoms with Crippen molar-refractivity contribution in [2.45, 2.75) is 39.5 Å². The van der Waals surface area contributed by atoms with E-state index in [1.54, 1.807) is 11.3 Å². The molecule has 1 aliphatic rings. The van der Waals surface area contributed by atoms with Crippen LogP contribution in [0.2, 0.25) is 0 Å². The summed E-state index contributed by atoms with van der Waals surface area (Å²) >= 11 is 1.74. The average molecular weight is 424 g/mol. The lowest BCUT2D eigenvalue weighted by Gasteiger charge is -2.10. The Labute approximate surface area is 184 Å². The van der Waals surface area contributed by atoms with E-state index < -0.39 is 0 Å². The van der Waals surface area contributed by atoms with Crippen LogP contribution < -0.4 is 0 Å². The second-order valence-electron chi connectivity index (χ2n) is 7.94. The molecule has 31 heavy (non-hydrogen) atoms. The third-order valence-electron chi connectivity index (χ3n) is 6.00. The first kappa shape index (κ1) is 19.4. The van der Waals surface area contributed by atoms with Gasteiger partial charge in [-0.05, 0) is 74.9 Å². The van der Waals surface area contributed by atoms with Crippen molar-refractivity contribution in [2.24, 2.45) is 0 Å². The second-order valence-corrected chi connectivity index (χ2v) is 9.02. The molecule has 0 radical (unpaired) electrons. The van der Waals surface area contributed by atoms with E-state index in [0.717, 1.165) is 57.8 Å². The number of thiophene rings is 1. The van der Waals surface area contributed by atoms with E-state index >= 15 is 0 Å². The lowest BCUT2D eigenvalue weighted by atomic mass is 9.96. The molecule has 0 spiro atoms. The van der Waals surface area contributed by atoms with Gasteiger partial charge in [0.05, 0.1) is 22.2 Å². The molecule has 0 saturated heterocycles. The Morgan fingerprint density at radius 2 is 2.00 bits per heavy atom. The zero-order valence-corrected chi connectivity index (χ0v) is 18.3. The quantitative estimate of drug-likeness (QED) is 0.420. The summed E-state index contributed by atoms with van der Waals surface area (Å²) in [5.74, 6) is 0.567. The van der Waals surface area contributed by atoms with Crippen LogP contribution in [0.4, 0.5) is 0 Å². The van der Waals surface area contributed by atoms with Gasteiger partial charge in [0, 0.05) is 16.3 Å². The lowest BCUT2D eigenvalue weighted by Crippen LogP contribution is -2.02. The highest BCUT2D eigenvalue weighted by molar-refractivity contribution is 7.15. The lowest BCUT2D eigenvalue weighted by molar-refractivity contribution is 0.695. The molecule has 1 N–H and O–H groups in total. The Balaban J connectivity index is 1.62. The van der Waals surface area contributed by atoms with E-state index in [2.05, 4.69) is 39.7 Å². The molecule has 0 unspecified atom stereocenters. The topological polar surface area (TPSA) is 81.2 Å². The van der Waals surface area contributed by atoms with Crippen molar-refractivity contribution in [3.8, 4) is 17.1 Å². The minimum Gasteiger partial charge on any atom is -0.337 e. The van der Waals surface area contributed by atoms with E-state index in [-0.39, 0.29) is 0 Å². The van der Waals surface area contributed by atoms with Crippen LogP contribution in [0.15, 0.2) is 30.3 Å². The maximum atomic E-state index is 9.89. The highest BCUT2D eigenvalue weighted by atomic mass is 32.1. The van der Waals surface area contributed by atoms with Crippen molar-refractivity contribution in [1.82, 2.24) is 14.5 Å². The van der Waals surface area contributed by atoms with Crippen molar-refractivity contribution in [3.63, 3.8) is 0 Å². The van der Waals surface area contributed by atoms with Crippen molar-refractivity contribution in [1.29, 1.82) is 10.5 Å². The van der Waals surface area contributed by atoms with E-state index in [1.807, 2.05) is 37.3 Å². The Kier molecular flexibility index (Phi) is 4.73. The molecule has 0 saturated carbocycles. The van der Waals surface area contributed by atoms with Gasteiger partial charge in [0.1, 0.15) is 23.0 Å². The molecule has 3 aromatic heterocycles. The predicted molar refractivity (Wildman–Crippen MR) is 124 cm³/mol. The number of aryl methyl sites for hydroxylation is 2. The third-order valence-corrected chi connectivity index (χ3v) is 7.28. The number of para-hydroxylation sites is 2. The van der Waals surface area contributed by atoms with Gasteiger partial charge in [0.15, 0.2) is 0 Å². The minimum absolute atomic E-state index is 0.488. The number of nitrogens with one attached hydrogen (secondary N) is 1. The van der Waals surface area contributed by atoms with E-state index in [1.165, 1.54) is 16.9 Å². The molecule has 0 amide bonds. The Morgan fingerprint density at radius 3 is 2.77 bits per heavy atom. The number of rotatable bonds is 3. The number of aromatic nitrogens is 3. The largest absolute Gasteiger partial charge is 0.337 e. The van der Waals surface area contributed by atoms with Crippen molar-refractivity contribution < 1.29 is 0 Å². The van der Waals surface area contributed by atoms with Gasteiger partial charge in [-0.25, -0.2) is 4.98 Å². The zero-order valence-electron chi connectivity index (χ0n) is 17.5. The normalized spacial score (nSPS) is 13.7. The number of imidazole rings is 1. The first-order valence-corrected chi connectivity index (χ1v) is 11.2. The summed E-state index contributed by atoms with van der Waals surface area (Å²) in [4.78, 5) is 9.16. The van der Waals surface area contributed by atoms with E-state index in [0.29, 0.717) is 11.4 Å². The smallest absolute Gasteiger partial charge is 0.149 e. The molecule has 1 aromatic carbocycles. The van der Waals surface area contributed by atoms with Crippen LogP contribution in [-0.2, 0) is 12.8 Å². The fourth-order valence-electron chi connectivity index (χ4n) is 4.46. The first-order valence-electron chi connectivity index (χ1n) is 10.4. The Morgan fingerprint density at radius 1 is 1.19 bits per heavy atom. The fraction of sp³-hybridized carbons (Fsp3) is 0.240. The molecule has 1 aliphatic carbocycles. The highest BCUT2D eigenvalue weighted by Crippen LogP contribution is 2.38. The molecule has 5 rings (SSSR count). The second kappa shape index (κ2) is 7.58. The summed E-state index contributed by atoms with van der Waals surface area (Å²) in [6, 6.07) is 14.6. The number of hydrogen-bond donors (Lipinski definition) is 1. The maximum absolute atomic E-state index is 9.89. The number of nitriles is 2. The van der Waals surface area contributed by atoms with Gasteiger partial charge < -0.3 is 9.55 Å². The number of benzene rings is 1. The number of fused-ring (bicyclic) bond motifs is 2. The Bertz CT molecular complexity index is 1400. The zero-order chi connectivity index (χ0) is 21.5. The molecular weight excluding hydrogens is 402 g/mol. The number of nitrogens with zero attached hydrogens (tertiary/aromatic N) is 4. The van der Waals surface area contributed by atoms with Gasteiger partial charge in [-0.2, -0.15) is 10.5 Å². The van der Waals surface area contributed by atoms with Crippen molar-refractivity contribution in [3.05, 3.63) is 69.1 Å². The highest BCUT2D eigenvalue weighted by Gasteiger charge is 2.24. The number of allylic oxidation sites excluding steroid dienone is 1. The molecule has 0 aliphatic heterocycles. The number of hydrogen-bond acceptors (Lipinski definition) is 4. The van der Waals surface area contributed by atoms with Crippen LogP contribution in [0.1, 0.15) is 51.6 Å².